The number of para-hydroxylation sites is 1. The summed E-state index contributed by atoms with van der Waals surface area (Å²) in [7, 11) is -3.46. The minimum absolute atomic E-state index is 0.127. The highest BCUT2D eigenvalue weighted by atomic mass is 32.2. The standard InChI is InChI=1S/C27H29N3O3S/c1-20(2)29-34(32,33)19-24-14-7-6-13-23(24)17-28-27(31)18-30-25-15-9-8-12-22(25)16-26(30)21-10-4-3-5-11-21/h3-16,20,29H,17-19H2,1-2H3,(H,28,31). The van der Waals surface area contributed by atoms with Crippen molar-refractivity contribution in [3.8, 4) is 11.3 Å². The average Bonchev–Trinajstić information content (AvgIpc) is 3.16. The minimum Gasteiger partial charge on any atom is -0.350 e. The molecule has 0 saturated heterocycles. The molecule has 0 radical (unpaired) electrons. The van der Waals surface area contributed by atoms with E-state index in [1.807, 2.05) is 77.4 Å². The van der Waals surface area contributed by atoms with Crippen LogP contribution in [0.15, 0.2) is 84.9 Å². The topological polar surface area (TPSA) is 80.2 Å². The van der Waals surface area contributed by atoms with E-state index in [0.717, 1.165) is 27.7 Å². The molecule has 3 aromatic carbocycles. The van der Waals surface area contributed by atoms with Crippen molar-refractivity contribution in [1.82, 2.24) is 14.6 Å². The van der Waals surface area contributed by atoms with Crippen molar-refractivity contribution in [3.05, 3.63) is 96.1 Å². The summed E-state index contributed by atoms with van der Waals surface area (Å²) in [6.45, 7) is 4.00. The van der Waals surface area contributed by atoms with Gasteiger partial charge in [0.25, 0.3) is 0 Å². The van der Waals surface area contributed by atoms with Gasteiger partial charge in [0, 0.05) is 29.2 Å². The number of hydrogen-bond donors (Lipinski definition) is 2. The van der Waals surface area contributed by atoms with Crippen LogP contribution in [0.3, 0.4) is 0 Å². The Bertz CT molecular complexity index is 1390. The van der Waals surface area contributed by atoms with Gasteiger partial charge in [0.15, 0.2) is 0 Å². The fraction of sp³-hybridized carbons (Fsp3) is 0.222. The third kappa shape index (κ3) is 5.73. The van der Waals surface area contributed by atoms with Gasteiger partial charge in [0.1, 0.15) is 6.54 Å². The summed E-state index contributed by atoms with van der Waals surface area (Å²) in [5.74, 6) is -0.269. The maximum absolute atomic E-state index is 13.0. The van der Waals surface area contributed by atoms with E-state index in [2.05, 4.69) is 16.1 Å². The molecule has 0 aliphatic carbocycles. The normalized spacial score (nSPS) is 11.7. The molecule has 0 atom stereocenters. The number of sulfonamides is 1. The van der Waals surface area contributed by atoms with E-state index >= 15 is 0 Å². The SMILES string of the molecule is CC(C)NS(=O)(=O)Cc1ccccc1CNC(=O)Cn1c(-c2ccccc2)cc2ccccc21. The molecule has 0 fully saturated rings. The Kier molecular flexibility index (Phi) is 7.14. The van der Waals surface area contributed by atoms with Gasteiger partial charge in [-0.25, -0.2) is 13.1 Å². The van der Waals surface area contributed by atoms with E-state index in [0.29, 0.717) is 5.56 Å². The zero-order valence-electron chi connectivity index (χ0n) is 19.4. The van der Waals surface area contributed by atoms with Crippen LogP contribution in [0.2, 0.25) is 0 Å². The number of fused-ring (bicyclic) bond motifs is 1. The molecule has 1 aromatic heterocycles. The fourth-order valence-electron chi connectivity index (χ4n) is 4.10. The van der Waals surface area contributed by atoms with E-state index in [9.17, 15) is 13.2 Å². The molecule has 0 saturated carbocycles. The van der Waals surface area contributed by atoms with Crippen LogP contribution in [0, 0.1) is 0 Å². The predicted octanol–water partition coefficient (Wildman–Crippen LogP) is 4.45. The molecule has 4 aromatic rings. The van der Waals surface area contributed by atoms with E-state index in [-0.39, 0.29) is 30.8 Å². The molecule has 1 amide bonds. The fourth-order valence-corrected chi connectivity index (χ4v) is 5.59. The Morgan fingerprint density at radius 2 is 1.53 bits per heavy atom. The largest absolute Gasteiger partial charge is 0.350 e. The molecule has 2 N–H and O–H groups in total. The van der Waals surface area contributed by atoms with Gasteiger partial charge < -0.3 is 9.88 Å². The molecule has 0 aliphatic rings. The lowest BCUT2D eigenvalue weighted by Gasteiger charge is -2.14. The quantitative estimate of drug-likeness (QED) is 0.375. The number of amides is 1. The molecule has 1 heterocycles. The predicted molar refractivity (Wildman–Crippen MR) is 137 cm³/mol. The van der Waals surface area contributed by atoms with Crippen LogP contribution >= 0.6 is 0 Å². The van der Waals surface area contributed by atoms with Crippen molar-refractivity contribution in [2.45, 2.75) is 38.7 Å². The molecule has 176 valence electrons. The molecule has 4 rings (SSSR count). The molecule has 0 unspecified atom stereocenters. The van der Waals surface area contributed by atoms with Crippen molar-refractivity contribution in [2.75, 3.05) is 0 Å². The van der Waals surface area contributed by atoms with Gasteiger partial charge in [-0.1, -0.05) is 72.8 Å². The number of aromatic nitrogens is 1. The summed E-state index contributed by atoms with van der Waals surface area (Å²) in [4.78, 5) is 13.0. The van der Waals surface area contributed by atoms with E-state index < -0.39 is 10.0 Å². The second-order valence-electron chi connectivity index (χ2n) is 8.62. The summed E-state index contributed by atoms with van der Waals surface area (Å²) in [6, 6.07) is 27.2. The number of hydrogen-bond acceptors (Lipinski definition) is 3. The number of carbonyl (C=O) groups excluding carboxylic acids is 1. The first-order valence-corrected chi connectivity index (χ1v) is 12.9. The van der Waals surface area contributed by atoms with Crippen LogP contribution in [0.4, 0.5) is 0 Å². The second kappa shape index (κ2) is 10.2. The van der Waals surface area contributed by atoms with Gasteiger partial charge in [-0.2, -0.15) is 0 Å². The minimum atomic E-state index is -3.46. The highest BCUT2D eigenvalue weighted by Crippen LogP contribution is 2.28. The van der Waals surface area contributed by atoms with Crippen molar-refractivity contribution in [3.63, 3.8) is 0 Å². The lowest BCUT2D eigenvalue weighted by Crippen LogP contribution is -2.32. The second-order valence-corrected chi connectivity index (χ2v) is 10.4. The van der Waals surface area contributed by atoms with Gasteiger partial charge in [0.2, 0.25) is 15.9 Å². The molecule has 0 spiro atoms. The molecule has 0 aliphatic heterocycles. The Balaban J connectivity index is 1.52. The highest BCUT2D eigenvalue weighted by molar-refractivity contribution is 7.88. The first-order chi connectivity index (χ1) is 16.3. The average molecular weight is 476 g/mol. The number of carbonyl (C=O) groups is 1. The number of nitrogens with zero attached hydrogens (tertiary/aromatic N) is 1. The van der Waals surface area contributed by atoms with Gasteiger partial charge >= 0.3 is 0 Å². The first-order valence-electron chi connectivity index (χ1n) is 11.3. The smallest absolute Gasteiger partial charge is 0.240 e. The molecule has 6 nitrogen and oxygen atoms in total. The molecule has 7 heteroatoms. The number of nitrogens with one attached hydrogen (secondary N) is 2. The summed E-state index contributed by atoms with van der Waals surface area (Å²) in [5, 5.41) is 4.04. The van der Waals surface area contributed by atoms with E-state index in [1.54, 1.807) is 19.9 Å². The lowest BCUT2D eigenvalue weighted by molar-refractivity contribution is -0.121. The van der Waals surface area contributed by atoms with Crippen LogP contribution in [0.1, 0.15) is 25.0 Å². The van der Waals surface area contributed by atoms with Crippen molar-refractivity contribution < 1.29 is 13.2 Å². The Morgan fingerprint density at radius 1 is 0.882 bits per heavy atom. The van der Waals surface area contributed by atoms with Crippen LogP contribution in [-0.2, 0) is 33.7 Å². The van der Waals surface area contributed by atoms with Crippen molar-refractivity contribution in [2.24, 2.45) is 0 Å². The van der Waals surface area contributed by atoms with Crippen LogP contribution < -0.4 is 10.0 Å². The molecular weight excluding hydrogens is 446 g/mol. The zero-order valence-corrected chi connectivity index (χ0v) is 20.2. The first kappa shape index (κ1) is 23.7. The van der Waals surface area contributed by atoms with E-state index in [1.165, 1.54) is 0 Å². The highest BCUT2D eigenvalue weighted by Gasteiger charge is 2.17. The monoisotopic (exact) mass is 475 g/mol. The number of benzene rings is 3. The summed E-state index contributed by atoms with van der Waals surface area (Å²) in [5.41, 5.74) is 4.46. The molecular formula is C27H29N3O3S. The van der Waals surface area contributed by atoms with Gasteiger partial charge in [-0.3, -0.25) is 4.79 Å². The Hall–Kier alpha value is -3.42. The lowest BCUT2D eigenvalue weighted by atomic mass is 10.1. The third-order valence-corrected chi connectivity index (χ3v) is 7.06. The number of rotatable bonds is 9. The van der Waals surface area contributed by atoms with Crippen molar-refractivity contribution >= 4 is 26.8 Å². The van der Waals surface area contributed by atoms with E-state index in [4.69, 9.17) is 0 Å². The van der Waals surface area contributed by atoms with Gasteiger partial charge in [-0.15, -0.1) is 0 Å². The van der Waals surface area contributed by atoms with Crippen LogP contribution in [-0.4, -0.2) is 24.9 Å². The zero-order chi connectivity index (χ0) is 24.1. The maximum atomic E-state index is 13.0. The summed E-state index contributed by atoms with van der Waals surface area (Å²) >= 11 is 0. The van der Waals surface area contributed by atoms with Crippen LogP contribution in [0.5, 0.6) is 0 Å². The molecule has 34 heavy (non-hydrogen) atoms. The van der Waals surface area contributed by atoms with Gasteiger partial charge in [0.05, 0.1) is 5.75 Å². The summed E-state index contributed by atoms with van der Waals surface area (Å²) in [6.07, 6.45) is 0. The van der Waals surface area contributed by atoms with Crippen molar-refractivity contribution in [1.29, 1.82) is 0 Å². The third-order valence-electron chi connectivity index (χ3n) is 5.54. The summed E-state index contributed by atoms with van der Waals surface area (Å²) < 4.78 is 29.4. The van der Waals surface area contributed by atoms with Crippen LogP contribution in [0.25, 0.3) is 22.2 Å². The molecule has 0 bridgehead atoms. The van der Waals surface area contributed by atoms with Gasteiger partial charge in [-0.05, 0) is 42.7 Å². The maximum Gasteiger partial charge on any atom is 0.240 e. The Morgan fingerprint density at radius 3 is 2.26 bits per heavy atom. The Labute approximate surface area is 200 Å².